The van der Waals surface area contributed by atoms with Crippen LogP contribution in [0.15, 0.2) is 30.0 Å². The van der Waals surface area contributed by atoms with Crippen molar-refractivity contribution >= 4 is 17.2 Å². The molecule has 18 heavy (non-hydrogen) atoms. The molecule has 0 aliphatic carbocycles. The van der Waals surface area contributed by atoms with Crippen LogP contribution < -0.4 is 0 Å². The standard InChI is InChI=1S/C12H15N3O2S/c1-14-9-13-7-11(14)12(17)15(4-5-16)8-10-3-2-6-18-10/h2-3,6-7,9,16H,4-5,8H2,1H3. The Morgan fingerprint density at radius 1 is 1.61 bits per heavy atom. The Balaban J connectivity index is 2.15. The van der Waals surface area contributed by atoms with Crippen molar-refractivity contribution in [3.63, 3.8) is 0 Å². The Bertz CT molecular complexity index is 507. The zero-order chi connectivity index (χ0) is 13.0. The predicted molar refractivity (Wildman–Crippen MR) is 69.4 cm³/mol. The Morgan fingerprint density at radius 2 is 2.44 bits per heavy atom. The number of thiophene rings is 1. The van der Waals surface area contributed by atoms with Crippen molar-refractivity contribution in [3.8, 4) is 0 Å². The molecule has 0 saturated carbocycles. The minimum atomic E-state index is -0.113. The van der Waals surface area contributed by atoms with E-state index in [1.165, 1.54) is 0 Å². The molecule has 1 amide bonds. The van der Waals surface area contributed by atoms with Gasteiger partial charge in [0.1, 0.15) is 5.69 Å². The molecule has 2 aromatic heterocycles. The fourth-order valence-electron chi connectivity index (χ4n) is 1.69. The Labute approximate surface area is 109 Å². The van der Waals surface area contributed by atoms with E-state index in [-0.39, 0.29) is 12.5 Å². The van der Waals surface area contributed by atoms with E-state index in [1.807, 2.05) is 17.5 Å². The maximum absolute atomic E-state index is 12.3. The lowest BCUT2D eigenvalue weighted by atomic mass is 10.3. The topological polar surface area (TPSA) is 58.4 Å². The highest BCUT2D eigenvalue weighted by atomic mass is 32.1. The maximum Gasteiger partial charge on any atom is 0.272 e. The highest BCUT2D eigenvalue weighted by Gasteiger charge is 2.18. The van der Waals surface area contributed by atoms with Crippen molar-refractivity contribution in [2.75, 3.05) is 13.2 Å². The molecule has 2 heterocycles. The molecule has 0 radical (unpaired) electrons. The number of aryl methyl sites for hydroxylation is 1. The third-order valence-corrected chi connectivity index (χ3v) is 3.48. The lowest BCUT2D eigenvalue weighted by molar-refractivity contribution is 0.0700. The minimum absolute atomic E-state index is 0.0467. The molecule has 0 bridgehead atoms. The van der Waals surface area contributed by atoms with Crippen molar-refractivity contribution in [1.82, 2.24) is 14.5 Å². The molecule has 0 fully saturated rings. The summed E-state index contributed by atoms with van der Waals surface area (Å²) in [6.07, 6.45) is 3.14. The summed E-state index contributed by atoms with van der Waals surface area (Å²) < 4.78 is 1.68. The first kappa shape index (κ1) is 12.8. The molecule has 96 valence electrons. The van der Waals surface area contributed by atoms with Crippen LogP contribution in [0.3, 0.4) is 0 Å². The zero-order valence-electron chi connectivity index (χ0n) is 10.1. The van der Waals surface area contributed by atoms with E-state index in [9.17, 15) is 4.79 Å². The quantitative estimate of drug-likeness (QED) is 0.881. The first-order valence-electron chi connectivity index (χ1n) is 5.61. The van der Waals surface area contributed by atoms with Gasteiger partial charge in [-0.1, -0.05) is 6.07 Å². The van der Waals surface area contributed by atoms with Crippen LogP contribution in [0, 0.1) is 0 Å². The Morgan fingerprint density at radius 3 is 3.00 bits per heavy atom. The van der Waals surface area contributed by atoms with Crippen LogP contribution >= 0.6 is 11.3 Å². The molecule has 2 rings (SSSR count). The van der Waals surface area contributed by atoms with Gasteiger partial charge in [0.2, 0.25) is 0 Å². The molecule has 0 spiro atoms. The van der Waals surface area contributed by atoms with Gasteiger partial charge in [-0.3, -0.25) is 4.79 Å². The first-order valence-corrected chi connectivity index (χ1v) is 6.49. The number of imidazole rings is 1. The predicted octanol–water partition coefficient (Wildman–Crippen LogP) is 1.12. The summed E-state index contributed by atoms with van der Waals surface area (Å²) in [5, 5.41) is 11.0. The Hall–Kier alpha value is -1.66. The van der Waals surface area contributed by atoms with Crippen LogP contribution in [0.1, 0.15) is 15.4 Å². The Kier molecular flexibility index (Phi) is 4.11. The van der Waals surface area contributed by atoms with Crippen LogP contribution in [-0.2, 0) is 13.6 Å². The summed E-state index contributed by atoms with van der Waals surface area (Å²) >= 11 is 1.60. The van der Waals surface area contributed by atoms with E-state index in [0.29, 0.717) is 18.8 Å². The van der Waals surface area contributed by atoms with E-state index in [4.69, 9.17) is 5.11 Å². The average molecular weight is 265 g/mol. The number of aromatic nitrogens is 2. The second kappa shape index (κ2) is 5.79. The van der Waals surface area contributed by atoms with E-state index in [2.05, 4.69) is 4.98 Å². The summed E-state index contributed by atoms with van der Waals surface area (Å²) in [5.41, 5.74) is 0.528. The summed E-state index contributed by atoms with van der Waals surface area (Å²) in [6, 6.07) is 3.93. The average Bonchev–Trinajstić information content (AvgIpc) is 2.99. The normalized spacial score (nSPS) is 10.6. The number of amides is 1. The van der Waals surface area contributed by atoms with Crippen molar-refractivity contribution in [2.45, 2.75) is 6.54 Å². The van der Waals surface area contributed by atoms with Crippen molar-refractivity contribution in [2.24, 2.45) is 7.05 Å². The number of nitrogens with zero attached hydrogens (tertiary/aromatic N) is 3. The van der Waals surface area contributed by atoms with Gasteiger partial charge in [-0.25, -0.2) is 4.98 Å². The zero-order valence-corrected chi connectivity index (χ0v) is 10.9. The summed E-state index contributed by atoms with van der Waals surface area (Å²) in [4.78, 5) is 19.0. The van der Waals surface area contributed by atoms with E-state index >= 15 is 0 Å². The van der Waals surface area contributed by atoms with Crippen LogP contribution in [-0.4, -0.2) is 38.6 Å². The fourth-order valence-corrected chi connectivity index (χ4v) is 2.41. The molecule has 0 atom stereocenters. The number of aliphatic hydroxyl groups is 1. The monoisotopic (exact) mass is 265 g/mol. The van der Waals surface area contributed by atoms with Gasteiger partial charge in [-0.05, 0) is 11.4 Å². The smallest absolute Gasteiger partial charge is 0.272 e. The van der Waals surface area contributed by atoms with Gasteiger partial charge in [0.25, 0.3) is 5.91 Å². The van der Waals surface area contributed by atoms with Gasteiger partial charge < -0.3 is 14.6 Å². The van der Waals surface area contributed by atoms with Gasteiger partial charge in [0.05, 0.1) is 25.7 Å². The largest absolute Gasteiger partial charge is 0.395 e. The van der Waals surface area contributed by atoms with Crippen molar-refractivity contribution in [1.29, 1.82) is 0 Å². The highest BCUT2D eigenvalue weighted by molar-refractivity contribution is 7.09. The third-order valence-electron chi connectivity index (χ3n) is 2.62. The lowest BCUT2D eigenvalue weighted by Crippen LogP contribution is -2.33. The molecule has 6 heteroatoms. The number of aliphatic hydroxyl groups excluding tert-OH is 1. The summed E-state index contributed by atoms with van der Waals surface area (Å²) in [6.45, 7) is 0.791. The second-order valence-corrected chi connectivity index (χ2v) is 4.95. The molecule has 0 aliphatic heterocycles. The highest BCUT2D eigenvalue weighted by Crippen LogP contribution is 2.13. The SMILES string of the molecule is Cn1cncc1C(=O)N(CCO)Cc1cccs1. The fraction of sp³-hybridized carbons (Fsp3) is 0.333. The van der Waals surface area contributed by atoms with Crippen LogP contribution in [0.2, 0.25) is 0 Å². The lowest BCUT2D eigenvalue weighted by Gasteiger charge is -2.21. The first-order chi connectivity index (χ1) is 8.72. The summed E-state index contributed by atoms with van der Waals surface area (Å²) in [5.74, 6) is -0.113. The van der Waals surface area contributed by atoms with E-state index in [1.54, 1.807) is 40.4 Å². The molecule has 2 aromatic rings. The number of carbonyl (C=O) groups excluding carboxylic acids is 1. The second-order valence-electron chi connectivity index (χ2n) is 3.92. The van der Waals surface area contributed by atoms with Gasteiger partial charge in [0, 0.05) is 18.5 Å². The van der Waals surface area contributed by atoms with Crippen LogP contribution in [0.5, 0.6) is 0 Å². The van der Waals surface area contributed by atoms with E-state index < -0.39 is 0 Å². The van der Waals surface area contributed by atoms with Gasteiger partial charge >= 0.3 is 0 Å². The minimum Gasteiger partial charge on any atom is -0.395 e. The molecule has 0 aromatic carbocycles. The summed E-state index contributed by atoms with van der Waals surface area (Å²) in [7, 11) is 1.78. The van der Waals surface area contributed by atoms with Crippen LogP contribution in [0.4, 0.5) is 0 Å². The maximum atomic E-state index is 12.3. The van der Waals surface area contributed by atoms with Gasteiger partial charge in [-0.15, -0.1) is 11.3 Å². The van der Waals surface area contributed by atoms with Crippen molar-refractivity contribution in [3.05, 3.63) is 40.6 Å². The molecule has 0 saturated heterocycles. The van der Waals surface area contributed by atoms with Gasteiger partial charge in [-0.2, -0.15) is 0 Å². The molecule has 1 N–H and O–H groups in total. The molecular weight excluding hydrogens is 250 g/mol. The molecular formula is C12H15N3O2S. The number of hydrogen-bond donors (Lipinski definition) is 1. The van der Waals surface area contributed by atoms with Gasteiger partial charge in [0.15, 0.2) is 0 Å². The third kappa shape index (κ3) is 2.77. The van der Waals surface area contributed by atoms with Crippen LogP contribution in [0.25, 0.3) is 0 Å². The van der Waals surface area contributed by atoms with E-state index in [0.717, 1.165) is 4.88 Å². The molecule has 0 aliphatic rings. The number of carbonyl (C=O) groups is 1. The number of hydrogen-bond acceptors (Lipinski definition) is 4. The number of rotatable bonds is 5. The van der Waals surface area contributed by atoms with Crippen molar-refractivity contribution < 1.29 is 9.90 Å². The molecule has 5 nitrogen and oxygen atoms in total. The molecule has 0 unspecified atom stereocenters.